The summed E-state index contributed by atoms with van der Waals surface area (Å²) in [5, 5.41) is 20.1. The van der Waals surface area contributed by atoms with Gasteiger partial charge in [-0.25, -0.2) is 4.57 Å². The number of anilines is 1. The number of rotatable bonds is 3. The Kier molecular flexibility index (Phi) is 13.5. The number of ether oxygens (including phenoxy) is 4. The molecule has 630 valence electrons. The molecule has 17 aromatic carbocycles. The summed E-state index contributed by atoms with van der Waals surface area (Å²) in [6.45, 7) is 4.57. The Morgan fingerprint density at radius 2 is 0.770 bits per heavy atom. The number of benzene rings is 17. The fraction of sp³-hybridized carbons (Fsp3) is 0.0583. The number of para-hydroxylation sites is 2. The van der Waals surface area contributed by atoms with Crippen molar-refractivity contribution in [3.8, 4) is 91.4 Å². The van der Waals surface area contributed by atoms with Crippen molar-refractivity contribution in [1.82, 2.24) is 23.4 Å². The van der Waals surface area contributed by atoms with Crippen molar-refractivity contribution in [1.29, 1.82) is 0 Å². The predicted molar refractivity (Wildman–Crippen MR) is 527 cm³/mol. The van der Waals surface area contributed by atoms with Gasteiger partial charge in [0.25, 0.3) is 11.6 Å². The van der Waals surface area contributed by atoms with E-state index in [1.54, 1.807) is 0 Å². The Labute approximate surface area is 771 Å². The normalized spacial score (nSPS) is 17.7. The second kappa shape index (κ2) is 25.3. The van der Waals surface area contributed by atoms with Gasteiger partial charge in [-0.3, -0.25) is 0 Å². The molecule has 24 aromatic rings. The van der Waals surface area contributed by atoms with E-state index in [0.29, 0.717) is 0 Å². The number of aromatic nitrogens is 9. The lowest BCUT2D eigenvalue weighted by molar-refractivity contribution is -0.997. The smallest absolute Gasteiger partial charge is 0.452 e. The van der Waals surface area contributed by atoms with E-state index in [9.17, 15) is 0 Å². The second-order valence-electron chi connectivity index (χ2n) is 37.5. The lowest BCUT2D eigenvalue weighted by Crippen LogP contribution is -2.77. The molecule has 7 aromatic heterocycles. The lowest BCUT2D eigenvalue weighted by Gasteiger charge is -2.43. The predicted octanol–water partition coefficient (Wildman–Crippen LogP) is 24.3. The largest absolute Gasteiger partial charge is 0.456 e. The third kappa shape index (κ3) is 8.81. The first kappa shape index (κ1) is 72.1. The molecule has 15 nitrogen and oxygen atoms in total. The molecule has 3 spiro atoms. The zero-order valence-corrected chi connectivity index (χ0v) is 73.2. The Morgan fingerprint density at radius 3 is 1.39 bits per heavy atom. The van der Waals surface area contributed by atoms with Crippen LogP contribution in [0.15, 0.2) is 401 Å². The summed E-state index contributed by atoms with van der Waals surface area (Å²) in [4.78, 5) is 5.00. The van der Waals surface area contributed by atoms with E-state index in [0.717, 1.165) is 85.8 Å². The molecule has 15 heteroatoms. The minimum absolute atomic E-state index is 0.0490. The Hall–Kier alpha value is -17.7. The molecule has 0 fully saturated rings. The standard InChI is InChI=1S/C43H28N4O.C42H27N4O.C35H21N3O2/c1-25-39(30-18-17-29-22-27-10-3-4-11-28(27)23-31(29)24-30)26(2)47-43-40-35(46(25)47)14-9-15-36(40)48-37-20-19-33-32-12-5-6-13-34(32)45(42(33)41(37)43)38-16-7-8-21-44(38)43;1-43-34(28-17-16-27-21-25-9-2-3-10-26(25)22-29(27)23-28)24-44-33-13-8-14-35-38(33)42(41(43)44)39-36(47-35)19-18-31-30-11-4-5-12-32(30)46(40(31)39)37-15-6-7-20-45(37)42;1-2-8-23-18-26-19-25(15-14-24(26)17-22(23)7-1)27-20-37-28-9-5-10-29-33(28)35(38(37)21-27)34-30(39-29)11-6-12-31(34)40-32-13-3-4-16-36(32)35/h3-24H,1-2H3;2-24,41H,1H3;1-21H/q+2;+1;+2. The summed E-state index contributed by atoms with van der Waals surface area (Å²) in [6, 6.07) is 131. The van der Waals surface area contributed by atoms with Crippen LogP contribution in [0.3, 0.4) is 0 Å². The number of fused-ring (bicyclic) bond motifs is 23. The summed E-state index contributed by atoms with van der Waals surface area (Å²) in [5.41, 5.74) is 23.0. The fourth-order valence-electron chi connectivity index (χ4n) is 25.9. The van der Waals surface area contributed by atoms with Gasteiger partial charge >= 0.3 is 17.2 Å². The molecule has 0 aliphatic carbocycles. The van der Waals surface area contributed by atoms with E-state index < -0.39 is 16.9 Å². The topological polar surface area (TPSA) is 82.5 Å². The maximum absolute atomic E-state index is 6.87. The van der Waals surface area contributed by atoms with Gasteiger partial charge in [-0.2, -0.15) is 13.7 Å². The average Bonchev–Trinajstić information content (AvgIpc) is 1.48. The van der Waals surface area contributed by atoms with Gasteiger partial charge in [-0.15, -0.1) is 9.36 Å². The first-order chi connectivity index (χ1) is 66.6. The monoisotopic (exact) mass is 1730 g/mol. The molecular formula is C120H76N11O4+5. The van der Waals surface area contributed by atoms with Crippen molar-refractivity contribution >= 4 is 120 Å². The van der Waals surface area contributed by atoms with E-state index in [1.807, 2.05) is 30.3 Å². The molecule has 34 rings (SSSR count). The van der Waals surface area contributed by atoms with Crippen LogP contribution < -0.4 is 46.9 Å². The van der Waals surface area contributed by atoms with Crippen LogP contribution in [0.4, 0.5) is 5.69 Å². The van der Waals surface area contributed by atoms with E-state index in [1.165, 1.54) is 176 Å². The maximum atomic E-state index is 6.87. The highest BCUT2D eigenvalue weighted by Gasteiger charge is 2.74. The van der Waals surface area contributed by atoms with Gasteiger partial charge < -0.3 is 28.7 Å². The van der Waals surface area contributed by atoms with Crippen molar-refractivity contribution in [3.05, 3.63) is 451 Å². The minimum atomic E-state index is -0.694. The Balaban J connectivity index is 0.0000000932. The van der Waals surface area contributed by atoms with Crippen LogP contribution in [0.5, 0.6) is 46.1 Å². The first-order valence-electron chi connectivity index (χ1n) is 46.4. The van der Waals surface area contributed by atoms with E-state index >= 15 is 0 Å². The van der Waals surface area contributed by atoms with E-state index in [2.05, 4.69) is 443 Å². The van der Waals surface area contributed by atoms with Crippen LogP contribution in [0.25, 0.3) is 159 Å². The highest BCUT2D eigenvalue weighted by Crippen LogP contribution is 2.65. The summed E-state index contributed by atoms with van der Waals surface area (Å²) in [7, 11) is 2.27. The van der Waals surface area contributed by atoms with Crippen LogP contribution in [0.2, 0.25) is 0 Å². The summed E-state index contributed by atoms with van der Waals surface area (Å²) < 4.78 is 48.4. The minimum Gasteiger partial charge on any atom is -0.456 e. The number of pyridine rings is 3. The van der Waals surface area contributed by atoms with Crippen molar-refractivity contribution < 1.29 is 42.0 Å². The molecule has 0 N–H and O–H groups in total. The highest BCUT2D eigenvalue weighted by atomic mass is 16.5. The molecule has 0 bridgehead atoms. The lowest BCUT2D eigenvalue weighted by atomic mass is 9.76. The molecule has 4 atom stereocenters. The molecule has 0 saturated heterocycles. The first-order valence-corrected chi connectivity index (χ1v) is 46.4. The second-order valence-corrected chi connectivity index (χ2v) is 37.5. The van der Waals surface area contributed by atoms with Crippen molar-refractivity contribution in [3.63, 3.8) is 0 Å². The molecule has 0 radical (unpaired) electrons. The zero-order valence-electron chi connectivity index (χ0n) is 73.2. The third-order valence-corrected chi connectivity index (χ3v) is 31.0. The summed E-state index contributed by atoms with van der Waals surface area (Å²) in [6.07, 6.45) is 13.5. The van der Waals surface area contributed by atoms with Gasteiger partial charge in [0.15, 0.2) is 45.8 Å². The summed E-state index contributed by atoms with van der Waals surface area (Å²) in [5.74, 6) is 9.22. The van der Waals surface area contributed by atoms with Crippen LogP contribution >= 0.6 is 0 Å². The van der Waals surface area contributed by atoms with Crippen LogP contribution in [0.1, 0.15) is 50.3 Å². The van der Waals surface area contributed by atoms with Crippen molar-refractivity contribution in [2.75, 3.05) is 11.9 Å². The number of hydrogen-bond donors (Lipinski definition) is 0. The van der Waals surface area contributed by atoms with Gasteiger partial charge in [-0.05, 0) is 263 Å². The molecule has 10 aliphatic rings. The van der Waals surface area contributed by atoms with Gasteiger partial charge in [0, 0.05) is 59.9 Å². The molecule has 10 aliphatic heterocycles. The summed E-state index contributed by atoms with van der Waals surface area (Å²) >= 11 is 0. The van der Waals surface area contributed by atoms with Gasteiger partial charge in [0.05, 0.1) is 64.0 Å². The SMILES string of the molecule is CN1C(c2ccc3cc4ccccc4cc3c2)=CN2c3cccc4c3C3(c5c(ccc6c7ccccc7n(c56)-c5cccc[n+]53)O4)C12.Cc1c(-c2ccc3cc4ccccc4cc3c2)c(C)[n+]2n1-c1cccc3c1C21c2c(ccc4c5ccccc5n(c24)-c2cccc[n+]21)O3.c1cc2c3c(c1)Oc1cccc[n+]1C31c3c(cccc3-n3cc(-c4ccc5cc6ccccc6cc5c4)c[n+]31)O2. The third-order valence-electron chi connectivity index (χ3n) is 31.0. The number of nitrogens with zero attached hydrogens (tertiary/aromatic N) is 11. The van der Waals surface area contributed by atoms with Crippen LogP contribution in [-0.2, 0) is 16.9 Å². The number of hydrogen-bond acceptors (Lipinski definition) is 6. The molecule has 0 amide bonds. The highest BCUT2D eigenvalue weighted by molar-refractivity contribution is 6.14. The quantitative estimate of drug-likeness (QED) is 0.129. The maximum Gasteiger partial charge on any atom is 0.452 e. The molecular weight excluding hydrogens is 1660 g/mol. The van der Waals surface area contributed by atoms with Gasteiger partial charge in [0.1, 0.15) is 62.5 Å². The Morgan fingerprint density at radius 1 is 0.319 bits per heavy atom. The number of likely N-dealkylation sites (N-methyl/N-ethyl adjacent to an activating group) is 1. The molecule has 135 heavy (non-hydrogen) atoms. The van der Waals surface area contributed by atoms with Crippen molar-refractivity contribution in [2.24, 2.45) is 0 Å². The van der Waals surface area contributed by atoms with Gasteiger partial charge in [-0.1, -0.05) is 179 Å². The molecule has 4 unspecified atom stereocenters. The molecule has 0 saturated carbocycles. The van der Waals surface area contributed by atoms with Crippen molar-refractivity contribution in [2.45, 2.75) is 36.9 Å². The molecule has 17 heterocycles. The zero-order chi connectivity index (χ0) is 88.1. The van der Waals surface area contributed by atoms with Crippen LogP contribution in [0, 0.1) is 13.8 Å². The van der Waals surface area contributed by atoms with Gasteiger partial charge in [0.2, 0.25) is 17.4 Å². The average molecular weight is 1740 g/mol. The van der Waals surface area contributed by atoms with E-state index in [-0.39, 0.29) is 6.17 Å². The Bertz CT molecular complexity index is 9720. The van der Waals surface area contributed by atoms with E-state index in [4.69, 9.17) is 18.9 Å². The van der Waals surface area contributed by atoms with Crippen LogP contribution in [-0.4, -0.2) is 36.6 Å². The fourth-order valence-corrected chi connectivity index (χ4v) is 25.9.